The predicted molar refractivity (Wildman–Crippen MR) is 58.0 cm³/mol. The molecule has 1 atom stereocenters. The molecule has 1 rings (SSSR count). The van der Waals surface area contributed by atoms with Crippen molar-refractivity contribution in [2.45, 2.75) is 5.37 Å². The first-order valence-electron chi connectivity index (χ1n) is 4.23. The highest BCUT2D eigenvalue weighted by atomic mass is 32.2. The monoisotopic (exact) mass is 229 g/mol. The second-order valence-electron chi connectivity index (χ2n) is 3.29. The zero-order chi connectivity index (χ0) is 11.6. The molecule has 0 amide bonds. The molecule has 0 bridgehead atoms. The summed E-state index contributed by atoms with van der Waals surface area (Å²) in [5, 5.41) is 16.6. The highest BCUT2D eigenvalue weighted by Crippen LogP contribution is 2.14. The molecule has 4 N–H and O–H groups in total. The summed E-state index contributed by atoms with van der Waals surface area (Å²) in [6.45, 7) is 0. The first-order chi connectivity index (χ1) is 6.82. The van der Waals surface area contributed by atoms with E-state index >= 15 is 0 Å². The molecule has 0 spiro atoms. The molecule has 82 valence electrons. The van der Waals surface area contributed by atoms with Crippen LogP contribution in [0.3, 0.4) is 0 Å². The van der Waals surface area contributed by atoms with Gasteiger partial charge in [0.25, 0.3) is 0 Å². The minimum absolute atomic E-state index is 0.291. The molecule has 0 aromatic heterocycles. The van der Waals surface area contributed by atoms with Gasteiger partial charge < -0.3 is 15.8 Å². The molecule has 0 fully saturated rings. The predicted octanol–water partition coefficient (Wildman–Crippen LogP) is -1.63. The molecule has 0 aliphatic carbocycles. The van der Waals surface area contributed by atoms with E-state index in [1.54, 1.807) is 0 Å². The Hall–Kier alpha value is -0.885. The number of benzene rings is 1. The summed E-state index contributed by atoms with van der Waals surface area (Å²) in [6, 6.07) is 5.76. The van der Waals surface area contributed by atoms with E-state index in [-0.39, 0.29) is 0 Å². The first kappa shape index (κ1) is 12.2. The van der Waals surface area contributed by atoms with Crippen molar-refractivity contribution in [2.24, 2.45) is 5.73 Å². The molecule has 5 nitrogen and oxygen atoms in total. The topological polar surface area (TPSA) is 101 Å². The van der Waals surface area contributed by atoms with E-state index in [9.17, 15) is 8.42 Å². The van der Waals surface area contributed by atoms with Crippen LogP contribution in [0.15, 0.2) is 24.3 Å². The Bertz CT molecular complexity index is 428. The lowest BCUT2D eigenvalue weighted by molar-refractivity contribution is 0.426. The Morgan fingerprint density at radius 3 is 2.07 bits per heavy atom. The smallest absolute Gasteiger partial charge is 0.423 e. The van der Waals surface area contributed by atoms with Gasteiger partial charge in [-0.15, -0.1) is 0 Å². The summed E-state index contributed by atoms with van der Waals surface area (Å²) in [5.74, 6) is 0. The summed E-state index contributed by atoms with van der Waals surface area (Å²) in [5.41, 5.74) is 6.19. The van der Waals surface area contributed by atoms with Gasteiger partial charge in [-0.3, -0.25) is 0 Å². The Balaban J connectivity index is 3.00. The molecule has 0 radical (unpaired) electrons. The molecular formula is C8H12BNO4S. The van der Waals surface area contributed by atoms with Gasteiger partial charge in [-0.25, -0.2) is 8.42 Å². The van der Waals surface area contributed by atoms with Crippen LogP contribution in [0, 0.1) is 0 Å². The van der Waals surface area contributed by atoms with Crippen LogP contribution in [0.25, 0.3) is 0 Å². The van der Waals surface area contributed by atoms with Gasteiger partial charge in [-0.1, -0.05) is 24.3 Å². The lowest BCUT2D eigenvalue weighted by Crippen LogP contribution is -2.30. The van der Waals surface area contributed by atoms with Gasteiger partial charge in [-0.2, -0.15) is 0 Å². The average molecular weight is 229 g/mol. The van der Waals surface area contributed by atoms with Crippen molar-refractivity contribution in [3.63, 3.8) is 0 Å². The molecule has 1 aromatic carbocycles. The fourth-order valence-corrected chi connectivity index (χ4v) is 1.76. The minimum atomic E-state index is -3.34. The van der Waals surface area contributed by atoms with Crippen molar-refractivity contribution in [1.82, 2.24) is 0 Å². The molecule has 0 heterocycles. The lowest BCUT2D eigenvalue weighted by atomic mass is 9.80. The van der Waals surface area contributed by atoms with Crippen molar-refractivity contribution in [3.8, 4) is 0 Å². The van der Waals surface area contributed by atoms with E-state index in [1.165, 1.54) is 24.3 Å². The quantitative estimate of drug-likeness (QED) is 0.540. The Morgan fingerprint density at radius 2 is 1.73 bits per heavy atom. The van der Waals surface area contributed by atoms with E-state index in [0.29, 0.717) is 11.0 Å². The average Bonchev–Trinajstić information content (AvgIpc) is 2.15. The Kier molecular flexibility index (Phi) is 3.51. The fourth-order valence-electron chi connectivity index (χ4n) is 1.11. The van der Waals surface area contributed by atoms with E-state index in [4.69, 9.17) is 15.8 Å². The summed E-state index contributed by atoms with van der Waals surface area (Å²) in [4.78, 5) is 0. The van der Waals surface area contributed by atoms with Gasteiger partial charge in [-0.05, 0) is 11.0 Å². The second-order valence-corrected chi connectivity index (χ2v) is 5.46. The van der Waals surface area contributed by atoms with Crippen LogP contribution in [0.2, 0.25) is 0 Å². The van der Waals surface area contributed by atoms with Gasteiger partial charge in [0, 0.05) is 6.26 Å². The van der Waals surface area contributed by atoms with Crippen LogP contribution in [0.4, 0.5) is 0 Å². The van der Waals surface area contributed by atoms with Crippen molar-refractivity contribution >= 4 is 22.4 Å². The molecule has 7 heteroatoms. The maximum Gasteiger partial charge on any atom is 0.488 e. The summed E-state index contributed by atoms with van der Waals surface area (Å²) >= 11 is 0. The molecule has 0 aliphatic heterocycles. The third-order valence-corrected chi connectivity index (χ3v) is 3.22. The molecule has 15 heavy (non-hydrogen) atoms. The van der Waals surface area contributed by atoms with Crippen LogP contribution >= 0.6 is 0 Å². The molecule has 0 aliphatic rings. The van der Waals surface area contributed by atoms with Crippen molar-refractivity contribution in [2.75, 3.05) is 6.26 Å². The largest absolute Gasteiger partial charge is 0.488 e. The van der Waals surface area contributed by atoms with Crippen molar-refractivity contribution in [1.29, 1.82) is 0 Å². The first-order valence-corrected chi connectivity index (χ1v) is 6.18. The second kappa shape index (κ2) is 4.32. The molecule has 0 saturated carbocycles. The van der Waals surface area contributed by atoms with Gasteiger partial charge in [0.1, 0.15) is 5.37 Å². The van der Waals surface area contributed by atoms with E-state index in [2.05, 4.69) is 0 Å². The minimum Gasteiger partial charge on any atom is -0.423 e. The number of hydrogen-bond donors (Lipinski definition) is 3. The van der Waals surface area contributed by atoms with Crippen molar-refractivity contribution in [3.05, 3.63) is 29.8 Å². The van der Waals surface area contributed by atoms with E-state index in [1.807, 2.05) is 0 Å². The molecule has 0 saturated heterocycles. The van der Waals surface area contributed by atoms with Crippen LogP contribution in [-0.4, -0.2) is 31.8 Å². The third kappa shape index (κ3) is 3.03. The number of nitrogens with two attached hydrogens (primary N) is 1. The van der Waals surface area contributed by atoms with E-state index in [0.717, 1.165) is 6.26 Å². The summed E-state index contributed by atoms with van der Waals surface area (Å²) in [6.07, 6.45) is 1.05. The van der Waals surface area contributed by atoms with Gasteiger partial charge in [0.05, 0.1) is 0 Å². The van der Waals surface area contributed by atoms with Gasteiger partial charge in [0.15, 0.2) is 9.84 Å². The molecular weight excluding hydrogens is 217 g/mol. The number of sulfone groups is 1. The zero-order valence-corrected chi connectivity index (χ0v) is 8.98. The Morgan fingerprint density at radius 1 is 1.27 bits per heavy atom. The van der Waals surface area contributed by atoms with Crippen LogP contribution in [-0.2, 0) is 9.84 Å². The summed E-state index contributed by atoms with van der Waals surface area (Å²) in [7, 11) is -4.90. The number of rotatable bonds is 3. The third-order valence-electron chi connectivity index (χ3n) is 2.02. The number of hydrogen-bond acceptors (Lipinski definition) is 5. The Labute approximate surface area is 88.6 Å². The molecule has 1 aromatic rings. The maximum absolute atomic E-state index is 11.1. The molecule has 1 unspecified atom stereocenters. The SMILES string of the molecule is CS(=O)(=O)C(N)c1ccc(B(O)O)cc1. The maximum atomic E-state index is 11.1. The summed E-state index contributed by atoms with van der Waals surface area (Å²) < 4.78 is 22.3. The highest BCUT2D eigenvalue weighted by molar-refractivity contribution is 7.90. The van der Waals surface area contributed by atoms with Crippen LogP contribution in [0.5, 0.6) is 0 Å². The van der Waals surface area contributed by atoms with Crippen LogP contribution < -0.4 is 11.2 Å². The zero-order valence-electron chi connectivity index (χ0n) is 8.16. The van der Waals surface area contributed by atoms with Gasteiger partial charge in [0.2, 0.25) is 0 Å². The highest BCUT2D eigenvalue weighted by Gasteiger charge is 2.18. The van der Waals surface area contributed by atoms with E-state index < -0.39 is 22.3 Å². The van der Waals surface area contributed by atoms with Gasteiger partial charge >= 0.3 is 7.12 Å². The standard InChI is InChI=1S/C8H12BNO4S/c1-15(13,14)8(10)6-2-4-7(5-3-6)9(11)12/h2-5,8,11-12H,10H2,1H3. The normalized spacial score (nSPS) is 13.6. The van der Waals surface area contributed by atoms with Crippen molar-refractivity contribution < 1.29 is 18.5 Å². The van der Waals surface area contributed by atoms with Crippen LogP contribution in [0.1, 0.15) is 10.9 Å². The lowest BCUT2D eigenvalue weighted by Gasteiger charge is -2.10. The fraction of sp³-hybridized carbons (Fsp3) is 0.250.